The van der Waals surface area contributed by atoms with Gasteiger partial charge in [0.05, 0.1) is 13.2 Å². The van der Waals surface area contributed by atoms with E-state index in [1.54, 1.807) is 18.9 Å². The molecule has 0 aliphatic carbocycles. The highest BCUT2D eigenvalue weighted by Gasteiger charge is 2.39. The Hall–Kier alpha value is -1.20. The van der Waals surface area contributed by atoms with Gasteiger partial charge in [0, 0.05) is 11.3 Å². The van der Waals surface area contributed by atoms with E-state index in [0.717, 1.165) is 11.3 Å². The fourth-order valence-corrected chi connectivity index (χ4v) is 2.77. The van der Waals surface area contributed by atoms with Crippen LogP contribution in [0.5, 0.6) is 5.75 Å². The second-order valence-corrected chi connectivity index (χ2v) is 7.51. The van der Waals surface area contributed by atoms with Crippen LogP contribution in [0.2, 0.25) is 0 Å². The van der Waals surface area contributed by atoms with E-state index < -0.39 is 0 Å². The molecule has 21 heavy (non-hydrogen) atoms. The summed E-state index contributed by atoms with van der Waals surface area (Å²) in [5.74, 6) is 0.968. The number of thioether (sulfide) groups is 1. The molecule has 1 aliphatic heterocycles. The number of nitrogens with one attached hydrogen (secondary N) is 1. The summed E-state index contributed by atoms with van der Waals surface area (Å²) in [5.41, 5.74) is 1.06. The van der Waals surface area contributed by atoms with Crippen molar-refractivity contribution in [1.82, 2.24) is 10.2 Å². The average Bonchev–Trinajstić information content (AvgIpc) is 2.75. The number of carbonyl (C=O) groups is 1. The zero-order valence-electron chi connectivity index (χ0n) is 13.3. The van der Waals surface area contributed by atoms with E-state index in [-0.39, 0.29) is 22.9 Å². The molecule has 0 spiro atoms. The Kier molecular flexibility index (Phi) is 4.84. The van der Waals surface area contributed by atoms with E-state index in [4.69, 9.17) is 4.74 Å². The Balaban J connectivity index is 2.29. The summed E-state index contributed by atoms with van der Waals surface area (Å²) >= 11 is 1.78. The minimum atomic E-state index is -0.154. The summed E-state index contributed by atoms with van der Waals surface area (Å²) in [6, 6.07) is 7.74. The van der Waals surface area contributed by atoms with Crippen molar-refractivity contribution in [3.05, 3.63) is 29.8 Å². The van der Waals surface area contributed by atoms with Crippen molar-refractivity contribution >= 4 is 17.7 Å². The second-order valence-electron chi connectivity index (χ2n) is 6.00. The first-order chi connectivity index (χ1) is 9.88. The van der Waals surface area contributed by atoms with Gasteiger partial charge < -0.3 is 9.64 Å². The van der Waals surface area contributed by atoms with Crippen LogP contribution in [0.25, 0.3) is 0 Å². The topological polar surface area (TPSA) is 41.6 Å². The number of hydrogen-bond donors (Lipinski definition) is 1. The third-order valence-corrected chi connectivity index (χ3v) is 5.12. The number of benzene rings is 1. The molecule has 1 aliphatic rings. The van der Waals surface area contributed by atoms with Crippen molar-refractivity contribution in [2.75, 3.05) is 19.9 Å². The molecular weight excluding hydrogens is 284 g/mol. The van der Waals surface area contributed by atoms with Crippen LogP contribution in [-0.4, -0.2) is 41.5 Å². The normalized spacial score (nSPS) is 22.7. The minimum Gasteiger partial charge on any atom is -0.497 e. The maximum Gasteiger partial charge on any atom is 0.241 e. The molecule has 5 heteroatoms. The molecule has 1 N–H and O–H groups in total. The van der Waals surface area contributed by atoms with Gasteiger partial charge in [-0.05, 0) is 44.7 Å². The number of ether oxygens (including phenoxy) is 1. The molecule has 1 aromatic rings. The number of nitrogens with zero attached hydrogens (tertiary/aromatic N) is 1. The Labute approximate surface area is 131 Å². The summed E-state index contributed by atoms with van der Waals surface area (Å²) in [4.78, 5) is 14.4. The third kappa shape index (κ3) is 3.52. The molecule has 1 fully saturated rings. The largest absolute Gasteiger partial charge is 0.497 e. The van der Waals surface area contributed by atoms with Crippen LogP contribution in [0.4, 0.5) is 0 Å². The van der Waals surface area contributed by atoms with E-state index in [1.807, 2.05) is 36.1 Å². The average molecular weight is 308 g/mol. The van der Waals surface area contributed by atoms with Gasteiger partial charge in [-0.3, -0.25) is 10.1 Å². The molecule has 1 amide bonds. The molecule has 4 nitrogen and oxygen atoms in total. The predicted molar refractivity (Wildman–Crippen MR) is 87.6 cm³/mol. The second kappa shape index (κ2) is 6.28. The van der Waals surface area contributed by atoms with Gasteiger partial charge >= 0.3 is 0 Å². The molecule has 0 saturated carbocycles. The van der Waals surface area contributed by atoms with Gasteiger partial charge in [-0.15, -0.1) is 0 Å². The Morgan fingerprint density at radius 3 is 2.76 bits per heavy atom. The molecule has 0 bridgehead atoms. The van der Waals surface area contributed by atoms with Gasteiger partial charge in [0.2, 0.25) is 5.91 Å². The molecule has 2 atom stereocenters. The van der Waals surface area contributed by atoms with Crippen LogP contribution in [0.1, 0.15) is 32.5 Å². The van der Waals surface area contributed by atoms with Crippen molar-refractivity contribution in [1.29, 1.82) is 0 Å². The van der Waals surface area contributed by atoms with Crippen LogP contribution in [0, 0.1) is 0 Å². The van der Waals surface area contributed by atoms with Gasteiger partial charge in [-0.1, -0.05) is 12.1 Å². The van der Waals surface area contributed by atoms with E-state index in [1.165, 1.54) is 0 Å². The van der Waals surface area contributed by atoms with E-state index in [9.17, 15) is 4.79 Å². The highest BCUT2D eigenvalue weighted by Crippen LogP contribution is 2.32. The van der Waals surface area contributed by atoms with Crippen molar-refractivity contribution in [2.45, 2.75) is 37.7 Å². The van der Waals surface area contributed by atoms with E-state index >= 15 is 0 Å². The van der Waals surface area contributed by atoms with E-state index in [0.29, 0.717) is 6.54 Å². The smallest absolute Gasteiger partial charge is 0.241 e. The van der Waals surface area contributed by atoms with Gasteiger partial charge in [-0.25, -0.2) is 0 Å². The van der Waals surface area contributed by atoms with E-state index in [2.05, 4.69) is 25.4 Å². The lowest BCUT2D eigenvalue weighted by molar-refractivity contribution is -0.130. The molecule has 1 aromatic carbocycles. The maximum atomic E-state index is 12.5. The van der Waals surface area contributed by atoms with Crippen LogP contribution < -0.4 is 10.1 Å². The fourth-order valence-electron chi connectivity index (χ4n) is 2.51. The molecule has 1 saturated heterocycles. The molecule has 116 valence electrons. The molecular formula is C16H24N2O2S. The zero-order chi connectivity index (χ0) is 15.6. The number of hydrogen-bond acceptors (Lipinski definition) is 4. The summed E-state index contributed by atoms with van der Waals surface area (Å²) in [6.45, 7) is 6.96. The van der Waals surface area contributed by atoms with Crippen molar-refractivity contribution in [3.8, 4) is 5.75 Å². The molecule has 0 aromatic heterocycles. The summed E-state index contributed by atoms with van der Waals surface area (Å²) in [6.07, 6.45) is 1.99. The van der Waals surface area contributed by atoms with Gasteiger partial charge in [0.25, 0.3) is 0 Å². The van der Waals surface area contributed by atoms with Crippen molar-refractivity contribution in [2.24, 2.45) is 0 Å². The predicted octanol–water partition coefficient (Wildman–Crippen LogP) is 2.66. The van der Waals surface area contributed by atoms with Crippen molar-refractivity contribution in [3.63, 3.8) is 0 Å². The Morgan fingerprint density at radius 1 is 1.43 bits per heavy atom. The summed E-state index contributed by atoms with van der Waals surface area (Å²) in [7, 11) is 1.66. The standard InChI is InChI=1S/C16H24N2O2S/c1-11-15(19)18(10-16(2,3)21-5)14(17-11)12-7-6-8-13(9-12)20-4/h6-9,11,14,17H,10H2,1-5H3. The highest BCUT2D eigenvalue weighted by atomic mass is 32.2. The number of carbonyl (C=O) groups excluding carboxylic acids is 1. The van der Waals surface area contributed by atoms with Gasteiger partial charge in [0.1, 0.15) is 11.9 Å². The highest BCUT2D eigenvalue weighted by molar-refractivity contribution is 7.99. The lowest BCUT2D eigenvalue weighted by Crippen LogP contribution is -2.40. The lowest BCUT2D eigenvalue weighted by atomic mass is 10.1. The number of amides is 1. The molecule has 2 unspecified atom stereocenters. The number of rotatable bonds is 5. The monoisotopic (exact) mass is 308 g/mol. The number of methoxy groups -OCH3 is 1. The lowest BCUT2D eigenvalue weighted by Gasteiger charge is -2.32. The first-order valence-corrected chi connectivity index (χ1v) is 8.36. The molecule has 1 heterocycles. The minimum absolute atomic E-state index is 0.0263. The Morgan fingerprint density at radius 2 is 2.14 bits per heavy atom. The van der Waals surface area contributed by atoms with Crippen molar-refractivity contribution < 1.29 is 9.53 Å². The van der Waals surface area contributed by atoms with Gasteiger partial charge in [-0.2, -0.15) is 11.8 Å². The quantitative estimate of drug-likeness (QED) is 0.908. The maximum absolute atomic E-state index is 12.5. The van der Waals surface area contributed by atoms with Crippen LogP contribution in [0.3, 0.4) is 0 Å². The zero-order valence-corrected chi connectivity index (χ0v) is 14.2. The fraction of sp³-hybridized carbons (Fsp3) is 0.562. The summed E-state index contributed by atoms with van der Waals surface area (Å²) < 4.78 is 5.32. The van der Waals surface area contributed by atoms with Gasteiger partial charge in [0.15, 0.2) is 0 Å². The summed E-state index contributed by atoms with van der Waals surface area (Å²) in [5, 5.41) is 3.38. The van der Waals surface area contributed by atoms with Crippen LogP contribution >= 0.6 is 11.8 Å². The third-order valence-electron chi connectivity index (χ3n) is 3.89. The van der Waals surface area contributed by atoms with Crippen LogP contribution in [0.15, 0.2) is 24.3 Å². The SMILES string of the molecule is COc1cccc(C2NC(C)C(=O)N2CC(C)(C)SC)c1. The first kappa shape index (κ1) is 16.2. The first-order valence-electron chi connectivity index (χ1n) is 7.13. The molecule has 0 radical (unpaired) electrons. The Bertz CT molecular complexity index is 519. The van der Waals surface area contributed by atoms with Crippen LogP contribution in [-0.2, 0) is 4.79 Å². The molecule has 2 rings (SSSR count).